The summed E-state index contributed by atoms with van der Waals surface area (Å²) < 4.78 is 5.25. The Kier molecular flexibility index (Phi) is 4.07. The maximum atomic E-state index is 11.7. The number of nitrogens with one attached hydrogen (secondary N) is 1. The molecular formula is C10H20N2O3. The van der Waals surface area contributed by atoms with Crippen molar-refractivity contribution in [2.24, 2.45) is 11.7 Å². The standard InChI is InChI=1S/C10H20N2O3/c1-10(2,6-11)15-9(14)7-3-4-12-5-8(7)13/h7-8,12-13H,3-6,11H2,1-2H3/t7-,8-/m0/s1. The lowest BCUT2D eigenvalue weighted by Gasteiger charge is -2.30. The van der Waals surface area contributed by atoms with Crippen LogP contribution in [0.4, 0.5) is 0 Å². The maximum Gasteiger partial charge on any atom is 0.312 e. The van der Waals surface area contributed by atoms with Crippen molar-refractivity contribution in [2.45, 2.75) is 32.0 Å². The lowest BCUT2D eigenvalue weighted by molar-refractivity contribution is -0.165. The van der Waals surface area contributed by atoms with Crippen molar-refractivity contribution in [1.82, 2.24) is 5.32 Å². The van der Waals surface area contributed by atoms with Crippen molar-refractivity contribution in [3.05, 3.63) is 0 Å². The van der Waals surface area contributed by atoms with E-state index in [0.717, 1.165) is 6.54 Å². The Morgan fingerprint density at radius 2 is 2.33 bits per heavy atom. The molecule has 1 aliphatic heterocycles. The molecule has 0 aromatic carbocycles. The SMILES string of the molecule is CC(C)(CN)OC(=O)[C@H]1CCNC[C@@H]1O. The van der Waals surface area contributed by atoms with Gasteiger partial charge >= 0.3 is 5.97 Å². The maximum absolute atomic E-state index is 11.7. The van der Waals surface area contributed by atoms with Crippen molar-refractivity contribution >= 4 is 5.97 Å². The van der Waals surface area contributed by atoms with Gasteiger partial charge in [0.25, 0.3) is 0 Å². The first-order chi connectivity index (χ1) is 6.96. The topological polar surface area (TPSA) is 84.6 Å². The summed E-state index contributed by atoms with van der Waals surface area (Å²) in [6.07, 6.45) is -0.0412. The van der Waals surface area contributed by atoms with Gasteiger partial charge in [0.2, 0.25) is 0 Å². The Balaban J connectivity index is 2.52. The molecule has 0 aliphatic carbocycles. The van der Waals surface area contributed by atoms with Gasteiger partial charge in [-0.3, -0.25) is 4.79 Å². The molecule has 88 valence electrons. The molecule has 1 aliphatic rings. The number of carbonyl (C=O) groups excluding carboxylic acids is 1. The Hall–Kier alpha value is -0.650. The Morgan fingerprint density at radius 1 is 1.67 bits per heavy atom. The second kappa shape index (κ2) is 4.92. The van der Waals surface area contributed by atoms with Crippen LogP contribution >= 0.6 is 0 Å². The van der Waals surface area contributed by atoms with E-state index in [2.05, 4.69) is 5.32 Å². The van der Waals surface area contributed by atoms with Gasteiger partial charge in [0.15, 0.2) is 0 Å². The van der Waals surface area contributed by atoms with E-state index < -0.39 is 17.6 Å². The third-order valence-corrected chi connectivity index (χ3v) is 2.62. The molecule has 1 fully saturated rings. The normalized spacial score (nSPS) is 27.5. The van der Waals surface area contributed by atoms with Gasteiger partial charge in [0.05, 0.1) is 12.0 Å². The van der Waals surface area contributed by atoms with Crippen LogP contribution in [0.1, 0.15) is 20.3 Å². The van der Waals surface area contributed by atoms with Crippen molar-refractivity contribution in [3.63, 3.8) is 0 Å². The number of rotatable bonds is 3. The monoisotopic (exact) mass is 216 g/mol. The number of carbonyl (C=O) groups is 1. The molecule has 1 heterocycles. The number of ether oxygens (including phenoxy) is 1. The summed E-state index contributed by atoms with van der Waals surface area (Å²) in [4.78, 5) is 11.7. The van der Waals surface area contributed by atoms with E-state index in [4.69, 9.17) is 10.5 Å². The minimum atomic E-state index is -0.653. The van der Waals surface area contributed by atoms with E-state index in [1.165, 1.54) is 0 Å². The summed E-state index contributed by atoms with van der Waals surface area (Å²) in [7, 11) is 0. The highest BCUT2D eigenvalue weighted by Crippen LogP contribution is 2.18. The number of aliphatic hydroxyl groups excluding tert-OH is 1. The molecule has 15 heavy (non-hydrogen) atoms. The zero-order valence-corrected chi connectivity index (χ0v) is 9.32. The average molecular weight is 216 g/mol. The van der Waals surface area contributed by atoms with E-state index in [1.807, 2.05) is 0 Å². The van der Waals surface area contributed by atoms with Crippen LogP contribution in [0.15, 0.2) is 0 Å². The minimum absolute atomic E-state index is 0.278. The molecular weight excluding hydrogens is 196 g/mol. The highest BCUT2D eigenvalue weighted by atomic mass is 16.6. The van der Waals surface area contributed by atoms with Crippen LogP contribution in [0.5, 0.6) is 0 Å². The van der Waals surface area contributed by atoms with Gasteiger partial charge in [-0.25, -0.2) is 0 Å². The fourth-order valence-electron chi connectivity index (χ4n) is 1.51. The molecule has 0 bridgehead atoms. The highest BCUT2D eigenvalue weighted by molar-refractivity contribution is 5.73. The molecule has 4 N–H and O–H groups in total. The number of aliphatic hydroxyl groups is 1. The zero-order chi connectivity index (χ0) is 11.5. The molecule has 0 amide bonds. The zero-order valence-electron chi connectivity index (χ0n) is 9.32. The third kappa shape index (κ3) is 3.44. The molecule has 1 rings (SSSR count). The lowest BCUT2D eigenvalue weighted by Crippen LogP contribution is -2.47. The second-order valence-electron chi connectivity index (χ2n) is 4.55. The summed E-state index contributed by atoms with van der Waals surface area (Å²) in [6, 6.07) is 0. The molecule has 1 saturated heterocycles. The van der Waals surface area contributed by atoms with E-state index in [9.17, 15) is 9.90 Å². The third-order valence-electron chi connectivity index (χ3n) is 2.62. The van der Waals surface area contributed by atoms with Gasteiger partial charge in [-0.1, -0.05) is 0 Å². The number of hydrogen-bond donors (Lipinski definition) is 3. The number of piperidine rings is 1. The molecule has 5 nitrogen and oxygen atoms in total. The summed E-state index contributed by atoms with van der Waals surface area (Å²) in [6.45, 7) is 4.99. The summed E-state index contributed by atoms with van der Waals surface area (Å²) in [5, 5.41) is 12.6. The summed E-state index contributed by atoms with van der Waals surface area (Å²) in [5.41, 5.74) is 4.82. The van der Waals surface area contributed by atoms with Crippen LogP contribution < -0.4 is 11.1 Å². The molecule has 5 heteroatoms. The molecule has 0 saturated carbocycles. The first-order valence-electron chi connectivity index (χ1n) is 5.28. The van der Waals surface area contributed by atoms with Crippen LogP contribution in [-0.4, -0.2) is 42.4 Å². The predicted octanol–water partition coefficient (Wildman–Crippen LogP) is -0.763. The fourth-order valence-corrected chi connectivity index (χ4v) is 1.51. The largest absolute Gasteiger partial charge is 0.458 e. The quantitative estimate of drug-likeness (QED) is 0.540. The van der Waals surface area contributed by atoms with Crippen LogP contribution in [0.25, 0.3) is 0 Å². The van der Waals surface area contributed by atoms with Crippen LogP contribution in [-0.2, 0) is 9.53 Å². The Labute approximate surface area is 90.0 Å². The number of esters is 1. The Bertz CT molecular complexity index is 231. The van der Waals surface area contributed by atoms with Gasteiger partial charge in [-0.15, -0.1) is 0 Å². The van der Waals surface area contributed by atoms with Crippen LogP contribution in [0.3, 0.4) is 0 Å². The predicted molar refractivity (Wildman–Crippen MR) is 56.2 cm³/mol. The van der Waals surface area contributed by atoms with E-state index >= 15 is 0 Å². The van der Waals surface area contributed by atoms with Gasteiger partial charge in [0.1, 0.15) is 5.60 Å². The number of nitrogens with two attached hydrogens (primary N) is 1. The minimum Gasteiger partial charge on any atom is -0.458 e. The fraction of sp³-hybridized carbons (Fsp3) is 0.900. The molecule has 0 unspecified atom stereocenters. The van der Waals surface area contributed by atoms with Crippen LogP contribution in [0, 0.1) is 5.92 Å². The molecule has 0 radical (unpaired) electrons. The number of β-amino-alcohol motifs (C(OH)–C–C–N with tert-alkyl or cyclic N) is 1. The van der Waals surface area contributed by atoms with Crippen molar-refractivity contribution in [3.8, 4) is 0 Å². The summed E-state index contributed by atoms with van der Waals surface area (Å²) >= 11 is 0. The van der Waals surface area contributed by atoms with E-state index in [-0.39, 0.29) is 12.5 Å². The van der Waals surface area contributed by atoms with Crippen molar-refractivity contribution in [1.29, 1.82) is 0 Å². The van der Waals surface area contributed by atoms with Gasteiger partial charge in [0, 0.05) is 13.1 Å². The van der Waals surface area contributed by atoms with Crippen LogP contribution in [0.2, 0.25) is 0 Å². The molecule has 0 aromatic heterocycles. The van der Waals surface area contributed by atoms with E-state index in [1.54, 1.807) is 13.8 Å². The molecule has 0 aromatic rings. The molecule has 0 spiro atoms. The van der Waals surface area contributed by atoms with Gasteiger partial charge in [-0.05, 0) is 26.8 Å². The van der Waals surface area contributed by atoms with Crippen molar-refractivity contribution < 1.29 is 14.6 Å². The summed E-state index contributed by atoms with van der Waals surface area (Å²) in [5.74, 6) is -0.767. The van der Waals surface area contributed by atoms with Crippen molar-refractivity contribution in [2.75, 3.05) is 19.6 Å². The first kappa shape index (κ1) is 12.4. The number of hydrogen-bond acceptors (Lipinski definition) is 5. The lowest BCUT2D eigenvalue weighted by atomic mass is 9.95. The Morgan fingerprint density at radius 3 is 2.87 bits per heavy atom. The second-order valence-corrected chi connectivity index (χ2v) is 4.55. The smallest absolute Gasteiger partial charge is 0.312 e. The first-order valence-corrected chi connectivity index (χ1v) is 5.28. The highest BCUT2D eigenvalue weighted by Gasteiger charge is 2.33. The van der Waals surface area contributed by atoms with Gasteiger partial charge in [-0.2, -0.15) is 0 Å². The molecule has 2 atom stereocenters. The van der Waals surface area contributed by atoms with Gasteiger partial charge < -0.3 is 20.9 Å². The average Bonchev–Trinajstić information content (AvgIpc) is 2.17. The van der Waals surface area contributed by atoms with E-state index in [0.29, 0.717) is 13.0 Å².